The third-order valence-corrected chi connectivity index (χ3v) is 7.46. The van der Waals surface area contributed by atoms with Crippen molar-refractivity contribution in [3.63, 3.8) is 0 Å². The topological polar surface area (TPSA) is 88.4 Å². The van der Waals surface area contributed by atoms with E-state index in [1.165, 1.54) is 11.3 Å². The largest absolute Gasteiger partial charge is 0.493 e. The van der Waals surface area contributed by atoms with Crippen LogP contribution in [0.2, 0.25) is 0 Å². The first-order valence-corrected chi connectivity index (χ1v) is 14.3. The molecular weight excluding hydrogens is 528 g/mol. The molecule has 1 aliphatic rings. The summed E-state index contributed by atoms with van der Waals surface area (Å²) in [5, 5.41) is 0. The number of para-hydroxylation sites is 1. The first kappa shape index (κ1) is 29.1. The average molecular weight is 565 g/mol. The molecule has 1 aliphatic heterocycles. The predicted molar refractivity (Wildman–Crippen MR) is 156 cm³/mol. The van der Waals surface area contributed by atoms with E-state index in [-0.39, 0.29) is 24.4 Å². The van der Waals surface area contributed by atoms with Gasteiger partial charge in [0, 0.05) is 5.56 Å². The Balaban J connectivity index is 1.90. The van der Waals surface area contributed by atoms with Crippen LogP contribution in [0, 0.1) is 0 Å². The lowest BCUT2D eigenvalue weighted by Crippen LogP contribution is -2.40. The molecule has 2 atom stereocenters. The van der Waals surface area contributed by atoms with Gasteiger partial charge in [-0.1, -0.05) is 42.5 Å². The zero-order chi connectivity index (χ0) is 29.0. The van der Waals surface area contributed by atoms with Gasteiger partial charge in [-0.25, -0.2) is 9.79 Å². The second-order valence-corrected chi connectivity index (χ2v) is 10.8. The fourth-order valence-corrected chi connectivity index (χ4v) is 5.52. The van der Waals surface area contributed by atoms with E-state index in [0.717, 1.165) is 12.0 Å². The molecule has 3 aromatic rings. The summed E-state index contributed by atoms with van der Waals surface area (Å²) in [5.41, 5.74) is 2.02. The van der Waals surface area contributed by atoms with Crippen LogP contribution in [0.3, 0.4) is 0 Å². The Morgan fingerprint density at radius 1 is 1.07 bits per heavy atom. The van der Waals surface area contributed by atoms with Gasteiger partial charge in [-0.3, -0.25) is 9.36 Å². The number of esters is 1. The maximum atomic E-state index is 14.0. The number of ether oxygens (including phenoxy) is 4. The van der Waals surface area contributed by atoms with Gasteiger partial charge < -0.3 is 18.9 Å². The Bertz CT molecular complexity index is 1600. The highest BCUT2D eigenvalue weighted by Gasteiger charge is 2.35. The number of thiazole rings is 1. The summed E-state index contributed by atoms with van der Waals surface area (Å²) < 4.78 is 25.1. The van der Waals surface area contributed by atoms with Crippen molar-refractivity contribution in [3.05, 3.63) is 84.5 Å². The van der Waals surface area contributed by atoms with E-state index >= 15 is 0 Å². The molecule has 9 heteroatoms. The molecule has 0 saturated heterocycles. The van der Waals surface area contributed by atoms with Crippen LogP contribution in [0.5, 0.6) is 17.2 Å². The quantitative estimate of drug-likeness (QED) is 0.330. The molecule has 2 aromatic carbocycles. The predicted octanol–water partition coefficient (Wildman–Crippen LogP) is 4.77. The number of nitrogens with zero attached hydrogens (tertiary/aromatic N) is 2. The first-order valence-electron chi connectivity index (χ1n) is 13.5. The number of hydrogen-bond acceptors (Lipinski definition) is 8. The second-order valence-electron chi connectivity index (χ2n) is 9.75. The molecule has 0 unspecified atom stereocenters. The smallest absolute Gasteiger partial charge is 0.338 e. The number of fused-ring (bicyclic) bond motifs is 1. The lowest BCUT2D eigenvalue weighted by atomic mass is 9.95. The summed E-state index contributed by atoms with van der Waals surface area (Å²) >= 11 is 1.27. The highest BCUT2D eigenvalue weighted by atomic mass is 32.1. The Kier molecular flexibility index (Phi) is 9.14. The number of carbonyl (C=O) groups is 1. The molecule has 40 heavy (non-hydrogen) atoms. The number of methoxy groups -OCH3 is 1. The molecule has 0 bridgehead atoms. The van der Waals surface area contributed by atoms with Crippen LogP contribution in [0.1, 0.15) is 65.1 Å². The van der Waals surface area contributed by atoms with Gasteiger partial charge >= 0.3 is 5.97 Å². The highest BCUT2D eigenvalue weighted by Crippen LogP contribution is 2.36. The number of allylic oxidation sites excluding steroid dienone is 1. The van der Waals surface area contributed by atoms with Crippen LogP contribution in [0.25, 0.3) is 6.08 Å². The second kappa shape index (κ2) is 12.6. The number of benzene rings is 2. The van der Waals surface area contributed by atoms with Crippen molar-refractivity contribution < 1.29 is 23.7 Å². The van der Waals surface area contributed by atoms with E-state index in [1.54, 1.807) is 31.6 Å². The van der Waals surface area contributed by atoms with E-state index in [0.29, 0.717) is 43.4 Å². The summed E-state index contributed by atoms with van der Waals surface area (Å²) in [6.07, 6.45) is 2.61. The highest BCUT2D eigenvalue weighted by molar-refractivity contribution is 7.07. The fourth-order valence-electron chi connectivity index (χ4n) is 4.48. The van der Waals surface area contributed by atoms with Crippen molar-refractivity contribution in [3.8, 4) is 17.2 Å². The van der Waals surface area contributed by atoms with Crippen LogP contribution in [-0.2, 0) is 9.53 Å². The van der Waals surface area contributed by atoms with E-state index < -0.39 is 12.0 Å². The summed E-state index contributed by atoms with van der Waals surface area (Å²) in [4.78, 5) is 32.4. The SMILES string of the molecule is CCOC(=O)C1=C(C)N=c2s/c(=C/c3ccc(O[C@@H](C)CC)c(OC)c3)c(=O)n2[C@@H]1c1ccccc1OC(C)C. The van der Waals surface area contributed by atoms with E-state index in [1.807, 2.05) is 63.2 Å². The minimum absolute atomic E-state index is 0.0443. The zero-order valence-electron chi connectivity index (χ0n) is 24.0. The number of hydrogen-bond donors (Lipinski definition) is 0. The third kappa shape index (κ3) is 5.99. The van der Waals surface area contributed by atoms with Gasteiger partial charge in [-0.2, -0.15) is 0 Å². The Morgan fingerprint density at radius 3 is 2.50 bits per heavy atom. The fraction of sp³-hybridized carbons (Fsp3) is 0.387. The normalized spacial score (nSPS) is 15.9. The molecule has 4 rings (SSSR count). The average Bonchev–Trinajstić information content (AvgIpc) is 3.22. The maximum absolute atomic E-state index is 14.0. The summed E-state index contributed by atoms with van der Waals surface area (Å²) in [6, 6.07) is 12.3. The standard InChI is InChI=1S/C31H36N2O6S/c1-8-19(5)39-24-15-14-21(16-25(24)36-7)17-26-29(34)33-28(22-12-10-11-13-23(22)38-18(3)4)27(30(35)37-9-2)20(6)32-31(33)40-26/h10-19,28H,8-9H2,1-7H3/b26-17+/t19-,28+/m0/s1. The van der Waals surface area contributed by atoms with Crippen LogP contribution < -0.4 is 29.1 Å². The lowest BCUT2D eigenvalue weighted by Gasteiger charge is -2.26. The minimum atomic E-state index is -0.756. The van der Waals surface area contributed by atoms with Gasteiger partial charge in [-0.15, -0.1) is 0 Å². The van der Waals surface area contributed by atoms with Crippen LogP contribution in [-0.4, -0.2) is 36.5 Å². The molecule has 212 valence electrons. The summed E-state index contributed by atoms with van der Waals surface area (Å²) in [5.74, 6) is 1.31. The van der Waals surface area contributed by atoms with E-state index in [4.69, 9.17) is 18.9 Å². The molecule has 8 nitrogen and oxygen atoms in total. The van der Waals surface area contributed by atoms with Crippen molar-refractivity contribution in [2.45, 2.75) is 66.2 Å². The van der Waals surface area contributed by atoms with Crippen molar-refractivity contribution in [1.29, 1.82) is 0 Å². The summed E-state index contributed by atoms with van der Waals surface area (Å²) in [7, 11) is 1.59. The van der Waals surface area contributed by atoms with Gasteiger partial charge in [0.2, 0.25) is 0 Å². The van der Waals surface area contributed by atoms with Crippen molar-refractivity contribution >= 4 is 23.4 Å². The van der Waals surface area contributed by atoms with Crippen LogP contribution in [0.15, 0.2) is 63.5 Å². The van der Waals surface area contributed by atoms with Gasteiger partial charge in [-0.05, 0) is 70.9 Å². The number of rotatable bonds is 10. The van der Waals surface area contributed by atoms with Gasteiger partial charge in [0.05, 0.1) is 41.7 Å². The van der Waals surface area contributed by atoms with E-state index in [9.17, 15) is 9.59 Å². The Hall–Kier alpha value is -3.85. The number of aromatic nitrogens is 1. The summed E-state index contributed by atoms with van der Waals surface area (Å²) in [6.45, 7) is 11.6. The molecule has 0 fully saturated rings. The monoisotopic (exact) mass is 564 g/mol. The van der Waals surface area contributed by atoms with Crippen molar-refractivity contribution in [2.24, 2.45) is 4.99 Å². The molecule has 0 saturated carbocycles. The molecule has 0 aliphatic carbocycles. The Morgan fingerprint density at radius 2 is 1.82 bits per heavy atom. The van der Waals surface area contributed by atoms with Crippen LogP contribution in [0.4, 0.5) is 0 Å². The maximum Gasteiger partial charge on any atom is 0.338 e. The lowest BCUT2D eigenvalue weighted by molar-refractivity contribution is -0.139. The number of carbonyl (C=O) groups excluding carboxylic acids is 1. The molecule has 0 spiro atoms. The zero-order valence-corrected chi connectivity index (χ0v) is 24.8. The molecule has 0 N–H and O–H groups in total. The van der Waals surface area contributed by atoms with Crippen molar-refractivity contribution in [2.75, 3.05) is 13.7 Å². The molecule has 0 amide bonds. The van der Waals surface area contributed by atoms with E-state index in [2.05, 4.69) is 11.9 Å². The van der Waals surface area contributed by atoms with Crippen LogP contribution >= 0.6 is 11.3 Å². The molecule has 2 heterocycles. The Labute approximate surface area is 238 Å². The van der Waals surface area contributed by atoms with Gasteiger partial charge in [0.25, 0.3) is 5.56 Å². The molecular formula is C31H36N2O6S. The molecule has 0 radical (unpaired) electrons. The third-order valence-electron chi connectivity index (χ3n) is 6.48. The minimum Gasteiger partial charge on any atom is -0.493 e. The van der Waals surface area contributed by atoms with Gasteiger partial charge in [0.15, 0.2) is 16.3 Å². The first-order chi connectivity index (χ1) is 19.2. The van der Waals surface area contributed by atoms with Gasteiger partial charge in [0.1, 0.15) is 11.8 Å². The van der Waals surface area contributed by atoms with Crippen molar-refractivity contribution in [1.82, 2.24) is 4.57 Å². The molecule has 1 aromatic heterocycles.